The molecule has 27 heavy (non-hydrogen) atoms. The summed E-state index contributed by atoms with van der Waals surface area (Å²) in [4.78, 5) is 39.0. The lowest BCUT2D eigenvalue weighted by atomic mass is 10.0. The third-order valence-electron chi connectivity index (χ3n) is 4.16. The predicted molar refractivity (Wildman–Crippen MR) is 104 cm³/mol. The molecule has 1 aromatic heterocycles. The number of amides is 1. The predicted octanol–water partition coefficient (Wildman–Crippen LogP) is 3.45. The second kappa shape index (κ2) is 7.86. The van der Waals surface area contributed by atoms with Crippen LogP contribution in [0.3, 0.4) is 0 Å². The molecule has 1 amide bonds. The summed E-state index contributed by atoms with van der Waals surface area (Å²) in [6.07, 6.45) is 0. The molecule has 2 N–H and O–H groups in total. The molecule has 0 saturated heterocycles. The Bertz CT molecular complexity index is 1050. The highest BCUT2D eigenvalue weighted by molar-refractivity contribution is 6.04. The Morgan fingerprint density at radius 3 is 2.56 bits per heavy atom. The fourth-order valence-electron chi connectivity index (χ4n) is 2.88. The van der Waals surface area contributed by atoms with Crippen LogP contribution in [-0.4, -0.2) is 23.5 Å². The lowest BCUT2D eigenvalue weighted by Gasteiger charge is -2.13. The molecule has 0 aliphatic heterocycles. The largest absolute Gasteiger partial charge is 0.452 e. The van der Waals surface area contributed by atoms with Gasteiger partial charge in [0.05, 0.1) is 5.56 Å². The normalized spacial score (nSPS) is 10.8. The molecule has 0 spiro atoms. The molecule has 0 aliphatic rings. The van der Waals surface area contributed by atoms with E-state index >= 15 is 0 Å². The number of nitrogens with one attached hydrogen (secondary N) is 2. The van der Waals surface area contributed by atoms with E-state index in [1.165, 1.54) is 6.07 Å². The van der Waals surface area contributed by atoms with Crippen LogP contribution < -0.4 is 10.9 Å². The van der Waals surface area contributed by atoms with Crippen LogP contribution in [0.2, 0.25) is 0 Å². The maximum Gasteiger partial charge on any atom is 0.339 e. The molecule has 0 aliphatic carbocycles. The molecule has 0 radical (unpaired) electrons. The number of aromatic nitrogens is 1. The fraction of sp³-hybridized carbons (Fsp3) is 0.190. The average Bonchev–Trinajstić information content (AvgIpc) is 2.65. The molecule has 0 unspecified atom stereocenters. The molecule has 0 atom stereocenters. The summed E-state index contributed by atoms with van der Waals surface area (Å²) in [6, 6.07) is 15.6. The number of pyridine rings is 1. The van der Waals surface area contributed by atoms with Crippen molar-refractivity contribution in [1.82, 2.24) is 4.98 Å². The number of aromatic amines is 1. The Morgan fingerprint density at radius 1 is 1.07 bits per heavy atom. The van der Waals surface area contributed by atoms with Gasteiger partial charge in [-0.3, -0.25) is 9.59 Å². The highest BCUT2D eigenvalue weighted by Gasteiger charge is 2.15. The van der Waals surface area contributed by atoms with Crippen LogP contribution in [0.4, 0.5) is 5.69 Å². The number of fused-ring (bicyclic) bond motifs is 1. The topological polar surface area (TPSA) is 88.3 Å². The molecule has 0 saturated carbocycles. The van der Waals surface area contributed by atoms with Crippen molar-refractivity contribution in [1.29, 1.82) is 0 Å². The van der Waals surface area contributed by atoms with Gasteiger partial charge in [0.2, 0.25) is 5.56 Å². The van der Waals surface area contributed by atoms with Crippen LogP contribution in [0.25, 0.3) is 10.9 Å². The van der Waals surface area contributed by atoms with Crippen LogP contribution >= 0.6 is 0 Å². The van der Waals surface area contributed by atoms with Gasteiger partial charge in [-0.2, -0.15) is 0 Å². The molecule has 1 heterocycles. The zero-order valence-corrected chi connectivity index (χ0v) is 15.1. The molecule has 6 heteroatoms. The number of para-hydroxylation sites is 2. The van der Waals surface area contributed by atoms with Crippen molar-refractivity contribution in [2.45, 2.75) is 19.8 Å². The minimum atomic E-state index is -0.718. The van der Waals surface area contributed by atoms with E-state index < -0.39 is 24.0 Å². The standard InChI is InChI=1S/C21H20N2O4/c1-13(2)14-7-3-5-9-17(14)23-20(25)12-27-21(26)16-11-19(24)22-18-10-6-4-8-15(16)18/h3-11,13H,12H2,1-2H3,(H,22,24)(H,23,25). The first kappa shape index (κ1) is 18.4. The molecular formula is C21H20N2O4. The summed E-state index contributed by atoms with van der Waals surface area (Å²) >= 11 is 0. The Morgan fingerprint density at radius 2 is 1.78 bits per heavy atom. The van der Waals surface area contributed by atoms with Gasteiger partial charge in [-0.15, -0.1) is 0 Å². The first-order chi connectivity index (χ1) is 13.0. The van der Waals surface area contributed by atoms with Crippen LogP contribution in [0.15, 0.2) is 59.4 Å². The van der Waals surface area contributed by atoms with Crippen LogP contribution in [-0.2, 0) is 9.53 Å². The van der Waals surface area contributed by atoms with E-state index in [2.05, 4.69) is 10.3 Å². The smallest absolute Gasteiger partial charge is 0.339 e. The number of rotatable bonds is 5. The van der Waals surface area contributed by atoms with E-state index in [0.717, 1.165) is 5.56 Å². The number of hydrogen-bond donors (Lipinski definition) is 2. The number of hydrogen-bond acceptors (Lipinski definition) is 4. The fourth-order valence-corrected chi connectivity index (χ4v) is 2.88. The van der Waals surface area contributed by atoms with Crippen molar-refractivity contribution in [2.75, 3.05) is 11.9 Å². The van der Waals surface area contributed by atoms with Crippen LogP contribution in [0.1, 0.15) is 35.7 Å². The van der Waals surface area contributed by atoms with Crippen molar-refractivity contribution in [3.05, 3.63) is 76.1 Å². The van der Waals surface area contributed by atoms with Gasteiger partial charge in [0.15, 0.2) is 6.61 Å². The van der Waals surface area contributed by atoms with Gasteiger partial charge < -0.3 is 15.0 Å². The average molecular weight is 364 g/mol. The van der Waals surface area contributed by atoms with E-state index in [4.69, 9.17) is 4.74 Å². The second-order valence-corrected chi connectivity index (χ2v) is 6.46. The van der Waals surface area contributed by atoms with E-state index in [1.807, 2.05) is 32.0 Å². The van der Waals surface area contributed by atoms with Crippen molar-refractivity contribution in [2.24, 2.45) is 0 Å². The lowest BCUT2D eigenvalue weighted by Crippen LogP contribution is -2.22. The molecule has 3 rings (SSSR count). The number of anilines is 1. The summed E-state index contributed by atoms with van der Waals surface area (Å²) in [5.74, 6) is -0.915. The number of carbonyl (C=O) groups is 2. The molecule has 0 bridgehead atoms. The van der Waals surface area contributed by atoms with Crippen molar-refractivity contribution >= 4 is 28.5 Å². The Labute approximate surface area is 156 Å². The summed E-state index contributed by atoms with van der Waals surface area (Å²) in [6.45, 7) is 3.62. The summed E-state index contributed by atoms with van der Waals surface area (Å²) in [5, 5.41) is 3.33. The van der Waals surface area contributed by atoms with Gasteiger partial charge in [0.25, 0.3) is 5.91 Å². The summed E-state index contributed by atoms with van der Waals surface area (Å²) < 4.78 is 5.12. The Kier molecular flexibility index (Phi) is 5.35. The van der Waals surface area contributed by atoms with Crippen molar-refractivity contribution < 1.29 is 14.3 Å². The van der Waals surface area contributed by atoms with E-state index in [1.54, 1.807) is 30.3 Å². The zero-order valence-electron chi connectivity index (χ0n) is 15.1. The van der Waals surface area contributed by atoms with E-state index in [-0.39, 0.29) is 11.5 Å². The highest BCUT2D eigenvalue weighted by atomic mass is 16.5. The SMILES string of the molecule is CC(C)c1ccccc1NC(=O)COC(=O)c1cc(=O)[nH]c2ccccc12. The maximum atomic E-state index is 12.4. The summed E-state index contributed by atoms with van der Waals surface area (Å²) in [7, 11) is 0. The zero-order chi connectivity index (χ0) is 19.4. The monoisotopic (exact) mass is 364 g/mol. The van der Waals surface area contributed by atoms with Gasteiger partial charge in [-0.05, 0) is 23.6 Å². The number of esters is 1. The quantitative estimate of drug-likeness (QED) is 0.679. The van der Waals surface area contributed by atoms with E-state index in [0.29, 0.717) is 16.6 Å². The van der Waals surface area contributed by atoms with Gasteiger partial charge in [0, 0.05) is 22.7 Å². The number of benzene rings is 2. The van der Waals surface area contributed by atoms with Crippen LogP contribution in [0.5, 0.6) is 0 Å². The number of H-pyrrole nitrogens is 1. The molecule has 2 aromatic carbocycles. The summed E-state index contributed by atoms with van der Waals surface area (Å²) in [5.41, 5.74) is 1.95. The number of ether oxygens (including phenoxy) is 1. The molecule has 6 nitrogen and oxygen atoms in total. The first-order valence-corrected chi connectivity index (χ1v) is 8.63. The highest BCUT2D eigenvalue weighted by Crippen LogP contribution is 2.23. The maximum absolute atomic E-state index is 12.4. The lowest BCUT2D eigenvalue weighted by molar-refractivity contribution is -0.119. The minimum absolute atomic E-state index is 0.129. The third kappa shape index (κ3) is 4.23. The van der Waals surface area contributed by atoms with Gasteiger partial charge in [-0.1, -0.05) is 50.2 Å². The van der Waals surface area contributed by atoms with Gasteiger partial charge in [0.1, 0.15) is 0 Å². The van der Waals surface area contributed by atoms with Gasteiger partial charge >= 0.3 is 5.97 Å². The van der Waals surface area contributed by atoms with Crippen LogP contribution in [0, 0.1) is 0 Å². The molecule has 138 valence electrons. The molecular weight excluding hydrogens is 344 g/mol. The third-order valence-corrected chi connectivity index (χ3v) is 4.16. The molecule has 3 aromatic rings. The molecule has 0 fully saturated rings. The van der Waals surface area contributed by atoms with Crippen molar-refractivity contribution in [3.63, 3.8) is 0 Å². The Balaban J connectivity index is 1.72. The minimum Gasteiger partial charge on any atom is -0.452 e. The number of carbonyl (C=O) groups excluding carboxylic acids is 2. The van der Waals surface area contributed by atoms with Gasteiger partial charge in [-0.25, -0.2) is 4.79 Å². The second-order valence-electron chi connectivity index (χ2n) is 6.46. The van der Waals surface area contributed by atoms with E-state index in [9.17, 15) is 14.4 Å². The first-order valence-electron chi connectivity index (χ1n) is 8.63. The Hall–Kier alpha value is -3.41. The van der Waals surface area contributed by atoms with Crippen molar-refractivity contribution in [3.8, 4) is 0 Å².